The Morgan fingerprint density at radius 1 is 1.47 bits per heavy atom. The summed E-state index contributed by atoms with van der Waals surface area (Å²) in [4.78, 5) is 5.96. The molecule has 0 saturated heterocycles. The van der Waals surface area contributed by atoms with Crippen LogP contribution in [-0.4, -0.2) is 10.9 Å². The van der Waals surface area contributed by atoms with E-state index in [1.807, 2.05) is 11.3 Å². The molecule has 0 N–H and O–H groups in total. The van der Waals surface area contributed by atoms with Crippen LogP contribution >= 0.6 is 22.9 Å². The first-order valence-electron chi connectivity index (χ1n) is 5.53. The van der Waals surface area contributed by atoms with Crippen molar-refractivity contribution in [3.63, 3.8) is 0 Å². The molecule has 1 aliphatic carbocycles. The summed E-state index contributed by atoms with van der Waals surface area (Å²) in [5.74, 6) is 1.64. The molecule has 0 bridgehead atoms. The summed E-state index contributed by atoms with van der Waals surface area (Å²) >= 11 is 7.94. The van der Waals surface area contributed by atoms with Crippen molar-refractivity contribution in [3.05, 3.63) is 15.6 Å². The maximum Gasteiger partial charge on any atom is 0.0936 e. The van der Waals surface area contributed by atoms with Crippen molar-refractivity contribution in [2.45, 2.75) is 40.0 Å². The van der Waals surface area contributed by atoms with Crippen molar-refractivity contribution >= 4 is 22.9 Å². The fourth-order valence-electron chi connectivity index (χ4n) is 2.65. The number of aryl methyl sites for hydroxylation is 2. The molecule has 1 heterocycles. The average Bonchev–Trinajstić information content (AvgIpc) is 2.43. The molecule has 1 aromatic heterocycles. The van der Waals surface area contributed by atoms with Crippen LogP contribution in [0.4, 0.5) is 0 Å². The van der Waals surface area contributed by atoms with E-state index in [1.54, 1.807) is 0 Å². The quantitative estimate of drug-likeness (QED) is 0.733. The summed E-state index contributed by atoms with van der Waals surface area (Å²) in [5.41, 5.74) is 1.55. The Kier molecular flexibility index (Phi) is 3.09. The molecule has 0 aliphatic heterocycles. The summed E-state index contributed by atoms with van der Waals surface area (Å²) < 4.78 is 0. The normalized spacial score (nSPS) is 30.3. The molecule has 1 aliphatic rings. The van der Waals surface area contributed by atoms with Crippen LogP contribution in [0.15, 0.2) is 0 Å². The number of aromatic nitrogens is 1. The van der Waals surface area contributed by atoms with Crippen LogP contribution in [0, 0.1) is 25.2 Å². The zero-order chi connectivity index (χ0) is 11.1. The molecule has 1 fully saturated rings. The molecule has 15 heavy (non-hydrogen) atoms. The lowest BCUT2D eigenvalue weighted by Crippen LogP contribution is -2.39. The first-order chi connectivity index (χ1) is 7.04. The molecule has 0 unspecified atom stereocenters. The summed E-state index contributed by atoms with van der Waals surface area (Å²) in [5, 5.41) is 1.28. The van der Waals surface area contributed by atoms with E-state index in [-0.39, 0.29) is 0 Å². The van der Waals surface area contributed by atoms with Gasteiger partial charge in [-0.15, -0.1) is 22.9 Å². The van der Waals surface area contributed by atoms with Crippen LogP contribution in [0.25, 0.3) is 0 Å². The number of alkyl halides is 1. The van der Waals surface area contributed by atoms with Gasteiger partial charge < -0.3 is 0 Å². The van der Waals surface area contributed by atoms with Crippen molar-refractivity contribution in [3.8, 4) is 0 Å². The second kappa shape index (κ2) is 4.06. The minimum Gasteiger partial charge on any atom is -0.246 e. The van der Waals surface area contributed by atoms with E-state index in [9.17, 15) is 0 Å². The maximum absolute atomic E-state index is 6.10. The number of nitrogens with zero attached hydrogens (tertiary/aromatic N) is 1. The minimum absolute atomic E-state index is 0.359. The van der Waals surface area contributed by atoms with Gasteiger partial charge in [-0.3, -0.25) is 0 Å². The molecule has 1 saturated carbocycles. The smallest absolute Gasteiger partial charge is 0.0936 e. The molecule has 0 atom stereocenters. The van der Waals surface area contributed by atoms with E-state index in [1.165, 1.54) is 28.4 Å². The van der Waals surface area contributed by atoms with Gasteiger partial charge in [0.1, 0.15) is 0 Å². The SMILES string of the molecule is Cc1nc(CC2(CCl)CC(C)C2)sc1C. The molecule has 1 nitrogen and oxygen atoms in total. The van der Waals surface area contributed by atoms with Crippen molar-refractivity contribution < 1.29 is 0 Å². The third-order valence-corrected chi connectivity index (χ3v) is 5.09. The van der Waals surface area contributed by atoms with E-state index >= 15 is 0 Å². The number of rotatable bonds is 3. The zero-order valence-corrected chi connectivity index (χ0v) is 11.2. The monoisotopic (exact) mass is 243 g/mol. The van der Waals surface area contributed by atoms with Gasteiger partial charge in [-0.1, -0.05) is 6.92 Å². The van der Waals surface area contributed by atoms with Crippen LogP contribution in [0.3, 0.4) is 0 Å². The van der Waals surface area contributed by atoms with Gasteiger partial charge in [-0.05, 0) is 38.0 Å². The van der Waals surface area contributed by atoms with E-state index in [4.69, 9.17) is 11.6 Å². The standard InChI is InChI=1S/C12H18ClNS/c1-8-4-12(5-8,7-13)6-11-14-9(2)10(3)15-11/h8H,4-7H2,1-3H3. The molecule has 0 spiro atoms. The van der Waals surface area contributed by atoms with Crippen LogP contribution < -0.4 is 0 Å². The van der Waals surface area contributed by atoms with Crippen molar-refractivity contribution in [2.24, 2.45) is 11.3 Å². The lowest BCUT2D eigenvalue weighted by atomic mass is 9.62. The number of thiazole rings is 1. The first kappa shape index (κ1) is 11.4. The fourth-order valence-corrected chi connectivity index (χ4v) is 4.08. The lowest BCUT2D eigenvalue weighted by Gasteiger charge is -2.45. The molecule has 3 heteroatoms. The third kappa shape index (κ3) is 2.21. The Morgan fingerprint density at radius 2 is 2.13 bits per heavy atom. The van der Waals surface area contributed by atoms with Gasteiger partial charge in [0.2, 0.25) is 0 Å². The molecular formula is C12H18ClNS. The van der Waals surface area contributed by atoms with Crippen molar-refractivity contribution in [2.75, 3.05) is 5.88 Å². The van der Waals surface area contributed by atoms with Crippen molar-refractivity contribution in [1.82, 2.24) is 4.98 Å². The molecule has 0 radical (unpaired) electrons. The molecule has 0 aromatic carbocycles. The van der Waals surface area contributed by atoms with Crippen LogP contribution in [-0.2, 0) is 6.42 Å². The Labute approximate surface area is 101 Å². The number of hydrogen-bond acceptors (Lipinski definition) is 2. The van der Waals surface area contributed by atoms with Crippen LogP contribution in [0.2, 0.25) is 0 Å². The highest BCUT2D eigenvalue weighted by atomic mass is 35.5. The minimum atomic E-state index is 0.359. The maximum atomic E-state index is 6.10. The molecule has 2 rings (SSSR count). The molecule has 0 amide bonds. The Bertz CT molecular complexity index is 333. The van der Waals surface area contributed by atoms with E-state index in [2.05, 4.69) is 25.8 Å². The van der Waals surface area contributed by atoms with E-state index in [0.717, 1.165) is 18.2 Å². The highest BCUT2D eigenvalue weighted by Gasteiger charge is 2.41. The third-order valence-electron chi connectivity index (χ3n) is 3.45. The van der Waals surface area contributed by atoms with Crippen molar-refractivity contribution in [1.29, 1.82) is 0 Å². The Balaban J connectivity index is 2.07. The van der Waals surface area contributed by atoms with Gasteiger partial charge in [0.15, 0.2) is 0 Å². The Hall–Kier alpha value is -0.0800. The first-order valence-corrected chi connectivity index (χ1v) is 6.89. The fraction of sp³-hybridized carbons (Fsp3) is 0.750. The average molecular weight is 244 g/mol. The summed E-state index contributed by atoms with van der Waals surface area (Å²) in [6.07, 6.45) is 3.63. The second-order valence-corrected chi connectivity index (χ2v) is 6.63. The zero-order valence-electron chi connectivity index (χ0n) is 9.64. The van der Waals surface area contributed by atoms with Gasteiger partial charge in [-0.25, -0.2) is 4.98 Å². The van der Waals surface area contributed by atoms with Gasteiger partial charge in [-0.2, -0.15) is 0 Å². The predicted octanol–water partition coefficient (Wildman–Crippen LogP) is 3.96. The van der Waals surface area contributed by atoms with E-state index < -0.39 is 0 Å². The highest BCUT2D eigenvalue weighted by Crippen LogP contribution is 2.48. The summed E-state index contributed by atoms with van der Waals surface area (Å²) in [6, 6.07) is 0. The lowest BCUT2D eigenvalue weighted by molar-refractivity contribution is 0.0924. The van der Waals surface area contributed by atoms with Gasteiger partial charge in [0, 0.05) is 17.2 Å². The summed E-state index contributed by atoms with van der Waals surface area (Å²) in [7, 11) is 0. The largest absolute Gasteiger partial charge is 0.246 e. The number of hydrogen-bond donors (Lipinski definition) is 0. The van der Waals surface area contributed by atoms with Crippen LogP contribution in [0.1, 0.15) is 35.3 Å². The predicted molar refractivity (Wildman–Crippen MR) is 66.8 cm³/mol. The molecule has 84 valence electrons. The summed E-state index contributed by atoms with van der Waals surface area (Å²) in [6.45, 7) is 6.54. The van der Waals surface area contributed by atoms with E-state index in [0.29, 0.717) is 5.41 Å². The molecular weight excluding hydrogens is 226 g/mol. The second-order valence-electron chi connectivity index (χ2n) is 5.07. The number of halogens is 1. The topological polar surface area (TPSA) is 12.9 Å². The van der Waals surface area contributed by atoms with Gasteiger partial charge in [0.05, 0.1) is 10.7 Å². The Morgan fingerprint density at radius 3 is 2.53 bits per heavy atom. The molecule has 1 aromatic rings. The van der Waals surface area contributed by atoms with Crippen LogP contribution in [0.5, 0.6) is 0 Å². The van der Waals surface area contributed by atoms with Gasteiger partial charge in [0.25, 0.3) is 0 Å². The highest BCUT2D eigenvalue weighted by molar-refractivity contribution is 7.11. The van der Waals surface area contributed by atoms with Gasteiger partial charge >= 0.3 is 0 Å².